The van der Waals surface area contributed by atoms with Gasteiger partial charge in [-0.1, -0.05) is 24.6 Å². The maximum atomic E-state index is 13.6. The van der Waals surface area contributed by atoms with Gasteiger partial charge in [-0.25, -0.2) is 4.39 Å². The fourth-order valence-corrected chi connectivity index (χ4v) is 4.87. The van der Waals surface area contributed by atoms with Crippen LogP contribution < -0.4 is 5.32 Å². The highest BCUT2D eigenvalue weighted by Gasteiger charge is 2.36. The van der Waals surface area contributed by atoms with Crippen molar-refractivity contribution in [2.45, 2.75) is 51.1 Å². The van der Waals surface area contributed by atoms with E-state index >= 15 is 0 Å². The lowest BCUT2D eigenvalue weighted by Crippen LogP contribution is -2.47. The number of halogens is 1. The molecule has 3 heterocycles. The van der Waals surface area contributed by atoms with E-state index in [-0.39, 0.29) is 18.3 Å². The molecule has 5 rings (SSSR count). The predicted octanol–water partition coefficient (Wildman–Crippen LogP) is 3.03. The molecule has 1 N–H and O–H groups in total. The maximum absolute atomic E-state index is 13.6. The number of carbonyl (C=O) groups is 1. The van der Waals surface area contributed by atoms with Gasteiger partial charge in [0.15, 0.2) is 0 Å². The third-order valence-corrected chi connectivity index (χ3v) is 6.71. The molecule has 1 aliphatic carbocycles. The Morgan fingerprint density at radius 3 is 2.74 bits per heavy atom. The van der Waals surface area contributed by atoms with E-state index in [0.29, 0.717) is 18.0 Å². The van der Waals surface area contributed by atoms with Crippen molar-refractivity contribution in [3.8, 4) is 0 Å². The highest BCUT2D eigenvalue weighted by Crippen LogP contribution is 2.33. The summed E-state index contributed by atoms with van der Waals surface area (Å²) in [5.74, 6) is 1.45. The molecule has 1 amide bonds. The Bertz CT molecular complexity index is 648. The Morgan fingerprint density at radius 1 is 1.11 bits per heavy atom. The van der Waals surface area contributed by atoms with Crippen molar-refractivity contribution in [3.63, 3.8) is 0 Å². The largest absolute Gasteiger partial charge is 0.352 e. The number of amides is 1. The zero-order chi connectivity index (χ0) is 18.6. The minimum Gasteiger partial charge on any atom is -0.352 e. The van der Waals surface area contributed by atoms with Gasteiger partial charge in [-0.05, 0) is 43.6 Å². The first kappa shape index (κ1) is 18.9. The lowest BCUT2D eigenvalue weighted by Gasteiger charge is -2.40. The number of hydrogen-bond acceptors (Lipinski definition) is 3. The fraction of sp³-hybridized carbons (Fsp3) is 0.682. The van der Waals surface area contributed by atoms with Crippen molar-refractivity contribution in [2.75, 3.05) is 32.7 Å². The molecule has 5 heteroatoms. The second-order valence-electron chi connectivity index (χ2n) is 8.73. The van der Waals surface area contributed by atoms with Crippen LogP contribution in [0.15, 0.2) is 24.3 Å². The second kappa shape index (κ2) is 8.70. The van der Waals surface area contributed by atoms with Gasteiger partial charge in [0.2, 0.25) is 5.91 Å². The number of rotatable bonds is 7. The van der Waals surface area contributed by atoms with Crippen LogP contribution in [0.4, 0.5) is 4.39 Å². The minimum atomic E-state index is -0.256. The third kappa shape index (κ3) is 4.88. The lowest BCUT2D eigenvalue weighted by atomic mass is 9.83. The SMILES string of the molecule is O=C(CCN1C[C@@H]2CC[C@H](C1)N(CC1CCC1)C2)NCc1ccccc1F. The van der Waals surface area contributed by atoms with E-state index in [1.807, 2.05) is 0 Å². The van der Waals surface area contributed by atoms with Crippen LogP contribution in [0.5, 0.6) is 0 Å². The van der Waals surface area contributed by atoms with Gasteiger partial charge >= 0.3 is 0 Å². The first-order valence-corrected chi connectivity index (χ1v) is 10.6. The predicted molar refractivity (Wildman–Crippen MR) is 105 cm³/mol. The van der Waals surface area contributed by atoms with Crippen molar-refractivity contribution in [3.05, 3.63) is 35.6 Å². The smallest absolute Gasteiger partial charge is 0.221 e. The average Bonchev–Trinajstić information content (AvgIpc) is 2.93. The molecule has 2 bridgehead atoms. The van der Waals surface area contributed by atoms with E-state index in [2.05, 4.69) is 15.1 Å². The zero-order valence-electron chi connectivity index (χ0n) is 16.2. The van der Waals surface area contributed by atoms with Gasteiger partial charge in [-0.15, -0.1) is 0 Å². The monoisotopic (exact) mass is 373 g/mol. The summed E-state index contributed by atoms with van der Waals surface area (Å²) in [4.78, 5) is 17.5. The first-order valence-electron chi connectivity index (χ1n) is 10.6. The number of benzene rings is 1. The molecule has 1 saturated carbocycles. The summed E-state index contributed by atoms with van der Waals surface area (Å²) in [5.41, 5.74) is 0.547. The van der Waals surface area contributed by atoms with Crippen molar-refractivity contribution < 1.29 is 9.18 Å². The van der Waals surface area contributed by atoms with Gasteiger partial charge in [0, 0.05) is 57.3 Å². The standard InChI is InChI=1S/C22H32FN3O/c23-21-7-2-1-6-19(21)12-24-22(27)10-11-25-13-18-8-9-20(16-25)26(15-18)14-17-4-3-5-17/h1-2,6-7,17-18,20H,3-5,8-16H2,(H,24,27)/t18-,20+/m0/s1. The van der Waals surface area contributed by atoms with E-state index in [9.17, 15) is 9.18 Å². The number of carbonyl (C=O) groups excluding carboxylic acids is 1. The summed E-state index contributed by atoms with van der Waals surface area (Å²) < 4.78 is 13.6. The number of piperidine rings is 1. The van der Waals surface area contributed by atoms with Crippen LogP contribution in [-0.4, -0.2) is 54.5 Å². The zero-order valence-corrected chi connectivity index (χ0v) is 16.2. The van der Waals surface area contributed by atoms with Crippen LogP contribution in [0.3, 0.4) is 0 Å². The molecule has 0 aromatic heterocycles. The van der Waals surface area contributed by atoms with Crippen LogP contribution in [0.25, 0.3) is 0 Å². The lowest BCUT2D eigenvalue weighted by molar-refractivity contribution is -0.121. The molecule has 148 valence electrons. The number of nitrogens with zero attached hydrogens (tertiary/aromatic N) is 2. The molecular formula is C22H32FN3O. The average molecular weight is 374 g/mol. The summed E-state index contributed by atoms with van der Waals surface area (Å²) in [5, 5.41) is 2.87. The van der Waals surface area contributed by atoms with Gasteiger partial charge in [-0.3, -0.25) is 9.69 Å². The Balaban J connectivity index is 1.22. The van der Waals surface area contributed by atoms with Crippen LogP contribution in [0.1, 0.15) is 44.1 Å². The fourth-order valence-electron chi connectivity index (χ4n) is 4.87. The molecule has 3 aliphatic heterocycles. The summed E-state index contributed by atoms with van der Waals surface area (Å²) >= 11 is 0. The molecule has 2 atom stereocenters. The highest BCUT2D eigenvalue weighted by atomic mass is 19.1. The van der Waals surface area contributed by atoms with Crippen LogP contribution in [0.2, 0.25) is 0 Å². The van der Waals surface area contributed by atoms with Crippen LogP contribution in [0, 0.1) is 17.7 Å². The number of nitrogens with one attached hydrogen (secondary N) is 1. The summed E-state index contributed by atoms with van der Waals surface area (Å²) in [6.07, 6.45) is 7.39. The van der Waals surface area contributed by atoms with Crippen molar-refractivity contribution in [1.29, 1.82) is 0 Å². The highest BCUT2D eigenvalue weighted by molar-refractivity contribution is 5.76. The summed E-state index contributed by atoms with van der Waals surface area (Å²) in [7, 11) is 0. The van der Waals surface area contributed by atoms with Crippen molar-refractivity contribution in [2.24, 2.45) is 11.8 Å². The van der Waals surface area contributed by atoms with E-state index in [0.717, 1.165) is 31.5 Å². The van der Waals surface area contributed by atoms with Gasteiger partial charge in [0.05, 0.1) is 0 Å². The van der Waals surface area contributed by atoms with E-state index in [1.54, 1.807) is 18.2 Å². The Morgan fingerprint density at radius 2 is 1.96 bits per heavy atom. The molecule has 4 aliphatic rings. The van der Waals surface area contributed by atoms with Gasteiger partial charge < -0.3 is 10.2 Å². The Hall–Kier alpha value is -1.46. The Kier molecular flexibility index (Phi) is 6.08. The molecule has 0 spiro atoms. The molecule has 0 radical (unpaired) electrons. The normalized spacial score (nSPS) is 26.6. The van der Waals surface area contributed by atoms with Gasteiger partial charge in [0.1, 0.15) is 5.82 Å². The van der Waals surface area contributed by atoms with E-state index < -0.39 is 0 Å². The molecule has 1 aromatic rings. The molecule has 4 nitrogen and oxygen atoms in total. The molecule has 1 aromatic carbocycles. The molecule has 3 saturated heterocycles. The van der Waals surface area contributed by atoms with E-state index in [1.165, 1.54) is 51.3 Å². The molecule has 0 unspecified atom stereocenters. The number of fused-ring (bicyclic) bond motifs is 4. The maximum Gasteiger partial charge on any atom is 0.221 e. The van der Waals surface area contributed by atoms with Gasteiger partial charge in [-0.2, -0.15) is 0 Å². The topological polar surface area (TPSA) is 35.6 Å². The first-order chi connectivity index (χ1) is 13.2. The molecule has 27 heavy (non-hydrogen) atoms. The minimum absolute atomic E-state index is 0.0150. The van der Waals surface area contributed by atoms with Crippen molar-refractivity contribution in [1.82, 2.24) is 15.1 Å². The molecule has 4 fully saturated rings. The Labute approximate surface area is 162 Å². The summed E-state index contributed by atoms with van der Waals surface area (Å²) in [6, 6.07) is 7.30. The van der Waals surface area contributed by atoms with Crippen LogP contribution in [-0.2, 0) is 11.3 Å². The van der Waals surface area contributed by atoms with Crippen LogP contribution >= 0.6 is 0 Å². The number of hydrogen-bond donors (Lipinski definition) is 1. The van der Waals surface area contributed by atoms with E-state index in [4.69, 9.17) is 0 Å². The quantitative estimate of drug-likeness (QED) is 0.798. The van der Waals surface area contributed by atoms with Gasteiger partial charge in [0.25, 0.3) is 0 Å². The van der Waals surface area contributed by atoms with Crippen molar-refractivity contribution >= 4 is 5.91 Å². The third-order valence-electron chi connectivity index (χ3n) is 6.71. The summed E-state index contributed by atoms with van der Waals surface area (Å²) in [6.45, 7) is 5.84. The second-order valence-corrected chi connectivity index (χ2v) is 8.73. The molecular weight excluding hydrogens is 341 g/mol.